The Labute approximate surface area is 156 Å². The first-order chi connectivity index (χ1) is 13.1. The number of ether oxygens (including phenoxy) is 1. The van der Waals surface area contributed by atoms with Crippen LogP contribution < -0.4 is 15.4 Å². The van der Waals surface area contributed by atoms with Gasteiger partial charge >= 0.3 is 0 Å². The highest BCUT2D eigenvalue weighted by atomic mass is 19.1. The molecule has 0 saturated carbocycles. The van der Waals surface area contributed by atoms with E-state index in [1.54, 1.807) is 36.4 Å². The number of amides is 1. The number of rotatable bonds is 7. The minimum Gasteiger partial charge on any atom is -0.494 e. The maximum absolute atomic E-state index is 12.9. The van der Waals surface area contributed by atoms with Crippen molar-refractivity contribution < 1.29 is 13.9 Å². The number of hydrogen-bond acceptors (Lipinski definition) is 5. The summed E-state index contributed by atoms with van der Waals surface area (Å²) in [5.41, 5.74) is 1.90. The molecule has 6 nitrogen and oxygen atoms in total. The van der Waals surface area contributed by atoms with Crippen molar-refractivity contribution in [2.24, 2.45) is 0 Å². The van der Waals surface area contributed by atoms with E-state index in [4.69, 9.17) is 4.74 Å². The maximum Gasteiger partial charge on any atom is 0.258 e. The number of carbonyl (C=O) groups is 1. The van der Waals surface area contributed by atoms with Gasteiger partial charge in [0.1, 0.15) is 11.6 Å². The van der Waals surface area contributed by atoms with Crippen LogP contribution in [0.3, 0.4) is 0 Å². The molecule has 27 heavy (non-hydrogen) atoms. The molecule has 0 aliphatic heterocycles. The minimum absolute atomic E-state index is 0.280. The van der Waals surface area contributed by atoms with E-state index in [2.05, 4.69) is 20.6 Å². The molecule has 1 aromatic heterocycles. The fourth-order valence-electron chi connectivity index (χ4n) is 2.32. The van der Waals surface area contributed by atoms with Crippen molar-refractivity contribution in [3.63, 3.8) is 0 Å². The summed E-state index contributed by atoms with van der Waals surface area (Å²) >= 11 is 0. The third-order valence-corrected chi connectivity index (χ3v) is 3.70. The van der Waals surface area contributed by atoms with E-state index in [-0.39, 0.29) is 11.7 Å². The van der Waals surface area contributed by atoms with Crippen LogP contribution in [0.25, 0.3) is 0 Å². The molecule has 7 heteroatoms. The lowest BCUT2D eigenvalue weighted by atomic mass is 10.2. The van der Waals surface area contributed by atoms with Gasteiger partial charge in [0.25, 0.3) is 5.91 Å². The second kappa shape index (κ2) is 8.75. The molecule has 0 spiro atoms. The van der Waals surface area contributed by atoms with E-state index in [9.17, 15) is 9.18 Å². The van der Waals surface area contributed by atoms with Gasteiger partial charge in [-0.05, 0) is 48.9 Å². The van der Waals surface area contributed by atoms with Gasteiger partial charge in [-0.1, -0.05) is 12.1 Å². The van der Waals surface area contributed by atoms with Crippen LogP contribution in [0.1, 0.15) is 22.8 Å². The Morgan fingerprint density at radius 3 is 2.33 bits per heavy atom. The molecule has 0 saturated heterocycles. The largest absolute Gasteiger partial charge is 0.494 e. The summed E-state index contributed by atoms with van der Waals surface area (Å²) in [4.78, 5) is 20.5. The minimum atomic E-state index is -0.302. The maximum atomic E-state index is 12.9. The lowest BCUT2D eigenvalue weighted by molar-refractivity contribution is 0.102. The van der Waals surface area contributed by atoms with Crippen molar-refractivity contribution in [3.05, 3.63) is 77.9 Å². The Kier molecular flexibility index (Phi) is 5.94. The van der Waals surface area contributed by atoms with E-state index < -0.39 is 0 Å². The molecule has 1 heterocycles. The quantitative estimate of drug-likeness (QED) is 0.664. The van der Waals surface area contributed by atoms with E-state index >= 15 is 0 Å². The zero-order chi connectivity index (χ0) is 19.1. The van der Waals surface area contributed by atoms with Gasteiger partial charge in [0.2, 0.25) is 5.95 Å². The van der Waals surface area contributed by atoms with Gasteiger partial charge in [-0.3, -0.25) is 4.79 Å². The Hall–Kier alpha value is -3.48. The normalized spacial score (nSPS) is 10.3. The molecular formula is C20H19FN4O2. The summed E-state index contributed by atoms with van der Waals surface area (Å²) < 4.78 is 18.3. The van der Waals surface area contributed by atoms with Gasteiger partial charge in [0, 0.05) is 24.6 Å². The van der Waals surface area contributed by atoms with Crippen molar-refractivity contribution in [3.8, 4) is 5.75 Å². The Balaban J connectivity index is 1.55. The van der Waals surface area contributed by atoms with Crippen molar-refractivity contribution in [2.45, 2.75) is 13.5 Å². The van der Waals surface area contributed by atoms with E-state index in [0.717, 1.165) is 11.3 Å². The van der Waals surface area contributed by atoms with Crippen LogP contribution in [0, 0.1) is 5.82 Å². The van der Waals surface area contributed by atoms with Crippen molar-refractivity contribution in [1.82, 2.24) is 9.97 Å². The molecule has 0 bridgehead atoms. The van der Waals surface area contributed by atoms with Gasteiger partial charge < -0.3 is 15.4 Å². The zero-order valence-corrected chi connectivity index (χ0v) is 14.8. The predicted molar refractivity (Wildman–Crippen MR) is 101 cm³/mol. The SMILES string of the molecule is CCOc1ccc(NC(=O)c2cnc(NCc3ccc(F)cc3)nc2)cc1. The molecule has 0 radical (unpaired) electrons. The highest BCUT2D eigenvalue weighted by molar-refractivity contribution is 6.03. The van der Waals surface area contributed by atoms with Gasteiger partial charge in [0.05, 0.1) is 12.2 Å². The Morgan fingerprint density at radius 2 is 1.70 bits per heavy atom. The first kappa shape index (κ1) is 18.3. The molecule has 138 valence electrons. The molecule has 0 aliphatic carbocycles. The second-order valence-corrected chi connectivity index (χ2v) is 5.69. The third-order valence-electron chi connectivity index (χ3n) is 3.70. The lowest BCUT2D eigenvalue weighted by Gasteiger charge is -2.08. The Morgan fingerprint density at radius 1 is 1.04 bits per heavy atom. The van der Waals surface area contributed by atoms with Crippen LogP contribution in [0.2, 0.25) is 0 Å². The monoisotopic (exact) mass is 366 g/mol. The number of carbonyl (C=O) groups excluding carboxylic acids is 1. The Bertz CT molecular complexity index is 881. The number of halogens is 1. The first-order valence-corrected chi connectivity index (χ1v) is 8.48. The standard InChI is InChI=1S/C20H19FN4O2/c1-2-27-18-9-7-17(8-10-18)25-19(26)15-12-23-20(24-13-15)22-11-14-3-5-16(21)6-4-14/h3-10,12-13H,2,11H2,1H3,(H,25,26)(H,22,23,24). The number of nitrogens with one attached hydrogen (secondary N) is 2. The fourth-order valence-corrected chi connectivity index (χ4v) is 2.32. The van der Waals surface area contributed by atoms with Crippen LogP contribution in [-0.4, -0.2) is 22.5 Å². The third kappa shape index (κ3) is 5.24. The van der Waals surface area contributed by atoms with Crippen LogP contribution in [0.15, 0.2) is 60.9 Å². The molecule has 0 unspecified atom stereocenters. The molecule has 3 rings (SSSR count). The van der Waals surface area contributed by atoms with Crippen LogP contribution in [-0.2, 0) is 6.54 Å². The molecule has 2 N–H and O–H groups in total. The van der Waals surface area contributed by atoms with Gasteiger partial charge in [-0.15, -0.1) is 0 Å². The number of aromatic nitrogens is 2. The van der Waals surface area contributed by atoms with Gasteiger partial charge in [-0.2, -0.15) is 0 Å². The topological polar surface area (TPSA) is 76.1 Å². The molecule has 0 atom stereocenters. The fraction of sp³-hybridized carbons (Fsp3) is 0.150. The summed E-state index contributed by atoms with van der Waals surface area (Å²) in [6.45, 7) is 2.95. The van der Waals surface area contributed by atoms with E-state index in [1.807, 2.05) is 6.92 Å². The van der Waals surface area contributed by atoms with Crippen molar-refractivity contribution >= 4 is 17.5 Å². The van der Waals surface area contributed by atoms with Crippen LogP contribution in [0.5, 0.6) is 5.75 Å². The highest BCUT2D eigenvalue weighted by Crippen LogP contribution is 2.16. The van der Waals surface area contributed by atoms with E-state index in [0.29, 0.717) is 30.4 Å². The second-order valence-electron chi connectivity index (χ2n) is 5.69. The summed E-state index contributed by atoms with van der Waals surface area (Å²) in [5, 5.41) is 5.80. The lowest BCUT2D eigenvalue weighted by Crippen LogP contribution is -2.13. The number of nitrogens with zero attached hydrogens (tertiary/aromatic N) is 2. The van der Waals surface area contributed by atoms with Crippen molar-refractivity contribution in [1.29, 1.82) is 0 Å². The average Bonchev–Trinajstić information content (AvgIpc) is 2.70. The number of benzene rings is 2. The number of hydrogen-bond donors (Lipinski definition) is 2. The summed E-state index contributed by atoms with van der Waals surface area (Å²) in [7, 11) is 0. The van der Waals surface area contributed by atoms with E-state index in [1.165, 1.54) is 24.5 Å². The highest BCUT2D eigenvalue weighted by Gasteiger charge is 2.08. The smallest absolute Gasteiger partial charge is 0.258 e. The predicted octanol–water partition coefficient (Wildman–Crippen LogP) is 3.88. The first-order valence-electron chi connectivity index (χ1n) is 8.48. The molecule has 3 aromatic rings. The average molecular weight is 366 g/mol. The molecule has 2 aromatic carbocycles. The summed E-state index contributed by atoms with van der Waals surface area (Å²) in [6, 6.07) is 13.3. The van der Waals surface area contributed by atoms with Gasteiger partial charge in [0.15, 0.2) is 0 Å². The molecule has 1 amide bonds. The van der Waals surface area contributed by atoms with Gasteiger partial charge in [-0.25, -0.2) is 14.4 Å². The number of anilines is 2. The molecule has 0 aliphatic rings. The summed E-state index contributed by atoms with van der Waals surface area (Å²) in [5.74, 6) is 0.550. The molecule has 0 fully saturated rings. The van der Waals surface area contributed by atoms with Crippen LogP contribution >= 0.6 is 0 Å². The van der Waals surface area contributed by atoms with Crippen LogP contribution in [0.4, 0.5) is 16.0 Å². The zero-order valence-electron chi connectivity index (χ0n) is 14.8. The molecular weight excluding hydrogens is 347 g/mol. The van der Waals surface area contributed by atoms with Crippen molar-refractivity contribution in [2.75, 3.05) is 17.2 Å². The summed E-state index contributed by atoms with van der Waals surface area (Å²) in [6.07, 6.45) is 2.90.